The van der Waals surface area contributed by atoms with Gasteiger partial charge >= 0.3 is 0 Å². The normalized spacial score (nSPS) is 15.2. The Bertz CT molecular complexity index is 784. The van der Waals surface area contributed by atoms with Gasteiger partial charge in [0.1, 0.15) is 10.7 Å². The van der Waals surface area contributed by atoms with Crippen LogP contribution < -0.4 is 5.32 Å². The Labute approximate surface area is 188 Å². The highest BCUT2D eigenvalue weighted by Crippen LogP contribution is 2.20. The first-order valence-electron chi connectivity index (χ1n) is 10.8. The number of carbonyl (C=O) groups excluding carboxylic acids is 1. The summed E-state index contributed by atoms with van der Waals surface area (Å²) in [5.41, 5.74) is 0.535. The largest absolute Gasteiger partial charge is 0.379 e. The van der Waals surface area contributed by atoms with Gasteiger partial charge in [0.15, 0.2) is 0 Å². The van der Waals surface area contributed by atoms with Crippen LogP contribution in [-0.4, -0.2) is 66.6 Å². The number of morpholine rings is 1. The number of carbonyl (C=O) groups is 1. The summed E-state index contributed by atoms with van der Waals surface area (Å²) in [6, 6.07) is 4.40. The van der Waals surface area contributed by atoms with Gasteiger partial charge in [0.25, 0.3) is 5.91 Å². The molecule has 1 N–H and O–H groups in total. The molecule has 0 radical (unpaired) electrons. The quantitative estimate of drug-likeness (QED) is 0.567. The summed E-state index contributed by atoms with van der Waals surface area (Å²) in [6.45, 7) is 14.4. The Morgan fingerprint density at radius 3 is 2.80 bits per heavy atom. The van der Waals surface area contributed by atoms with Crippen molar-refractivity contribution in [3.8, 4) is 0 Å². The van der Waals surface area contributed by atoms with Crippen LogP contribution in [0.25, 0.3) is 0 Å². The number of nitrogens with one attached hydrogen (secondary N) is 1. The Hall–Kier alpha value is -1.32. The number of thiazole rings is 1. The first-order valence-corrected chi connectivity index (χ1v) is 12.5. The van der Waals surface area contributed by atoms with E-state index in [2.05, 4.69) is 53.0 Å². The van der Waals surface area contributed by atoms with E-state index < -0.39 is 0 Å². The molecule has 30 heavy (non-hydrogen) atoms. The molecule has 166 valence electrons. The van der Waals surface area contributed by atoms with E-state index >= 15 is 0 Å². The van der Waals surface area contributed by atoms with Gasteiger partial charge in [-0.05, 0) is 37.9 Å². The maximum atomic E-state index is 12.5. The van der Waals surface area contributed by atoms with Gasteiger partial charge in [-0.25, -0.2) is 4.98 Å². The van der Waals surface area contributed by atoms with E-state index in [0.717, 1.165) is 63.9 Å². The molecule has 3 rings (SSSR count). The topological polar surface area (TPSA) is 57.7 Å². The van der Waals surface area contributed by atoms with Crippen LogP contribution in [0.4, 0.5) is 0 Å². The lowest BCUT2D eigenvalue weighted by Crippen LogP contribution is -2.41. The number of amides is 1. The van der Waals surface area contributed by atoms with E-state index in [-0.39, 0.29) is 5.91 Å². The third kappa shape index (κ3) is 7.74. The van der Waals surface area contributed by atoms with Crippen LogP contribution >= 0.6 is 22.7 Å². The fraction of sp³-hybridized carbons (Fsp3) is 0.636. The van der Waals surface area contributed by atoms with E-state index in [4.69, 9.17) is 4.74 Å². The summed E-state index contributed by atoms with van der Waals surface area (Å²) in [6.07, 6.45) is 1.16. The Morgan fingerprint density at radius 1 is 1.30 bits per heavy atom. The van der Waals surface area contributed by atoms with Crippen LogP contribution in [0, 0.1) is 12.8 Å². The van der Waals surface area contributed by atoms with Crippen molar-refractivity contribution < 1.29 is 9.53 Å². The fourth-order valence-electron chi connectivity index (χ4n) is 3.37. The standard InChI is InChI=1S/C22H34N4O2S2/c1-17(2)6-8-26(14-19-5-4-18(3)30-19)15-21-24-20(16-29-21)22(27)23-7-9-25-10-12-28-13-11-25/h4-5,16-17H,6-15H2,1-3H3,(H,23,27). The zero-order valence-electron chi connectivity index (χ0n) is 18.4. The molecule has 2 aromatic heterocycles. The summed E-state index contributed by atoms with van der Waals surface area (Å²) in [5, 5.41) is 5.90. The summed E-state index contributed by atoms with van der Waals surface area (Å²) < 4.78 is 5.36. The maximum Gasteiger partial charge on any atom is 0.270 e. The SMILES string of the molecule is Cc1ccc(CN(CCC(C)C)Cc2nc(C(=O)NCCN3CCOCC3)cs2)s1. The minimum absolute atomic E-state index is 0.0756. The summed E-state index contributed by atoms with van der Waals surface area (Å²) >= 11 is 3.44. The zero-order chi connectivity index (χ0) is 21.3. The average molecular weight is 451 g/mol. The van der Waals surface area contributed by atoms with Gasteiger partial charge in [-0.15, -0.1) is 22.7 Å². The number of nitrogens with zero attached hydrogens (tertiary/aromatic N) is 3. The predicted molar refractivity (Wildman–Crippen MR) is 124 cm³/mol. The minimum Gasteiger partial charge on any atom is -0.379 e. The van der Waals surface area contributed by atoms with E-state index in [1.807, 2.05) is 16.7 Å². The van der Waals surface area contributed by atoms with Gasteiger partial charge in [-0.2, -0.15) is 0 Å². The fourth-order valence-corrected chi connectivity index (χ4v) is 5.12. The number of aromatic nitrogens is 1. The van der Waals surface area contributed by atoms with Crippen LogP contribution in [0.1, 0.15) is 45.5 Å². The number of ether oxygens (including phenoxy) is 1. The molecule has 0 unspecified atom stereocenters. The smallest absolute Gasteiger partial charge is 0.270 e. The molecule has 8 heteroatoms. The van der Waals surface area contributed by atoms with Crippen molar-refractivity contribution in [3.05, 3.63) is 38.0 Å². The van der Waals surface area contributed by atoms with Crippen LogP contribution in [0.15, 0.2) is 17.5 Å². The van der Waals surface area contributed by atoms with Gasteiger partial charge in [-0.3, -0.25) is 14.6 Å². The molecule has 0 aliphatic carbocycles. The number of hydrogen-bond acceptors (Lipinski definition) is 7. The lowest BCUT2D eigenvalue weighted by Gasteiger charge is -2.26. The molecular weight excluding hydrogens is 416 g/mol. The molecular formula is C22H34N4O2S2. The minimum atomic E-state index is -0.0756. The molecule has 1 fully saturated rings. The van der Waals surface area contributed by atoms with Crippen molar-refractivity contribution in [1.29, 1.82) is 0 Å². The molecule has 3 heterocycles. The van der Waals surface area contributed by atoms with E-state index in [1.54, 1.807) is 11.3 Å². The van der Waals surface area contributed by atoms with Crippen LogP contribution in [-0.2, 0) is 17.8 Å². The first kappa shape index (κ1) is 23.3. The maximum absolute atomic E-state index is 12.5. The Balaban J connectivity index is 1.50. The highest BCUT2D eigenvalue weighted by molar-refractivity contribution is 7.11. The van der Waals surface area contributed by atoms with Crippen molar-refractivity contribution in [2.45, 2.75) is 40.3 Å². The lowest BCUT2D eigenvalue weighted by molar-refractivity contribution is 0.0383. The second-order valence-corrected chi connectivity index (χ2v) is 10.6. The molecule has 1 aliphatic rings. The average Bonchev–Trinajstić information content (AvgIpc) is 3.36. The number of thiophene rings is 1. The van der Waals surface area contributed by atoms with Gasteiger partial charge in [0, 0.05) is 47.9 Å². The van der Waals surface area contributed by atoms with Crippen molar-refractivity contribution in [2.24, 2.45) is 5.92 Å². The molecule has 1 amide bonds. The van der Waals surface area contributed by atoms with Crippen LogP contribution in [0.5, 0.6) is 0 Å². The molecule has 0 saturated carbocycles. The van der Waals surface area contributed by atoms with E-state index in [0.29, 0.717) is 18.2 Å². The summed E-state index contributed by atoms with van der Waals surface area (Å²) in [4.78, 5) is 24.6. The molecule has 1 aliphatic heterocycles. The van der Waals surface area contributed by atoms with Gasteiger partial charge in [0.2, 0.25) is 0 Å². The van der Waals surface area contributed by atoms with Crippen molar-refractivity contribution in [2.75, 3.05) is 45.9 Å². The molecule has 0 atom stereocenters. The first-order chi connectivity index (χ1) is 14.5. The van der Waals surface area contributed by atoms with Crippen molar-refractivity contribution >= 4 is 28.6 Å². The molecule has 0 spiro atoms. The summed E-state index contributed by atoms with van der Waals surface area (Å²) in [7, 11) is 0. The van der Waals surface area contributed by atoms with E-state index in [1.165, 1.54) is 9.75 Å². The monoisotopic (exact) mass is 450 g/mol. The predicted octanol–water partition coefficient (Wildman–Crippen LogP) is 3.62. The number of aryl methyl sites for hydroxylation is 1. The van der Waals surface area contributed by atoms with E-state index in [9.17, 15) is 4.79 Å². The highest BCUT2D eigenvalue weighted by Gasteiger charge is 2.16. The molecule has 2 aromatic rings. The molecule has 0 bridgehead atoms. The Kier molecular flexibility index (Phi) is 9.27. The van der Waals surface area contributed by atoms with Crippen molar-refractivity contribution in [1.82, 2.24) is 20.1 Å². The number of rotatable bonds is 11. The van der Waals surface area contributed by atoms with Gasteiger partial charge < -0.3 is 10.1 Å². The number of hydrogen-bond donors (Lipinski definition) is 1. The third-order valence-electron chi connectivity index (χ3n) is 5.16. The lowest BCUT2D eigenvalue weighted by atomic mass is 10.1. The second kappa shape index (κ2) is 11.9. The molecule has 6 nitrogen and oxygen atoms in total. The second-order valence-electron chi connectivity index (χ2n) is 8.24. The molecule has 1 saturated heterocycles. The zero-order valence-corrected chi connectivity index (χ0v) is 20.0. The van der Waals surface area contributed by atoms with Crippen molar-refractivity contribution in [3.63, 3.8) is 0 Å². The summed E-state index contributed by atoms with van der Waals surface area (Å²) in [5.74, 6) is 0.593. The van der Waals surface area contributed by atoms with Crippen LogP contribution in [0.3, 0.4) is 0 Å². The van der Waals surface area contributed by atoms with Gasteiger partial charge in [0.05, 0.1) is 19.8 Å². The van der Waals surface area contributed by atoms with Crippen LogP contribution in [0.2, 0.25) is 0 Å². The highest BCUT2D eigenvalue weighted by atomic mass is 32.1. The van der Waals surface area contributed by atoms with Gasteiger partial charge in [-0.1, -0.05) is 13.8 Å². The third-order valence-corrected chi connectivity index (χ3v) is 6.98. The Morgan fingerprint density at radius 2 is 2.10 bits per heavy atom. The molecule has 0 aromatic carbocycles.